The zero-order valence-corrected chi connectivity index (χ0v) is 10.9. The van der Waals surface area contributed by atoms with Crippen molar-refractivity contribution in [3.05, 3.63) is 22.5 Å². The van der Waals surface area contributed by atoms with Gasteiger partial charge in [0.2, 0.25) is 0 Å². The highest BCUT2D eigenvalue weighted by Crippen LogP contribution is 2.41. The Morgan fingerprint density at radius 2 is 2.29 bits per heavy atom. The Balaban J connectivity index is 2.47. The minimum absolute atomic E-state index is 0.416. The predicted molar refractivity (Wildman–Crippen MR) is 64.3 cm³/mol. The second kappa shape index (κ2) is 5.28. The van der Waals surface area contributed by atoms with E-state index in [1.54, 1.807) is 0 Å². The largest absolute Gasteiger partial charge is 0.393 e. The van der Waals surface area contributed by atoms with Crippen molar-refractivity contribution in [2.24, 2.45) is 0 Å². The maximum Gasteiger partial charge on any atom is 0.351 e. The number of ether oxygens (including phenoxy) is 1. The van der Waals surface area contributed by atoms with Crippen LogP contribution in [0.5, 0.6) is 0 Å². The molecule has 1 saturated heterocycles. The minimum atomic E-state index is -2.27. The lowest BCUT2D eigenvalue weighted by Gasteiger charge is -2.30. The summed E-state index contributed by atoms with van der Waals surface area (Å²) in [6, 6.07) is 0. The zero-order valence-electron chi connectivity index (χ0n) is 10.9. The third-order valence-corrected chi connectivity index (χ3v) is 3.54. The van der Waals surface area contributed by atoms with Crippen molar-refractivity contribution in [2.45, 2.75) is 37.2 Å². The summed E-state index contributed by atoms with van der Waals surface area (Å²) in [6.07, 6.45) is -7.54. The fourth-order valence-corrected chi connectivity index (χ4v) is 2.22. The molecule has 0 saturated carbocycles. The Morgan fingerprint density at radius 3 is 2.76 bits per heavy atom. The number of rotatable bonds is 3. The lowest BCUT2D eigenvalue weighted by Crippen LogP contribution is -2.52. The molecule has 1 aliphatic rings. The van der Waals surface area contributed by atoms with E-state index in [0.29, 0.717) is 10.8 Å². The van der Waals surface area contributed by atoms with Crippen LogP contribution < -0.4 is 11.4 Å². The number of nitrogens with two attached hydrogens (primary N) is 1. The highest BCUT2D eigenvalue weighted by atomic mass is 19.1. The van der Waals surface area contributed by atoms with E-state index in [0.717, 1.165) is 6.92 Å². The quantitative estimate of drug-likeness (QED) is 0.680. The van der Waals surface area contributed by atoms with Crippen LogP contribution in [0.3, 0.4) is 0 Å². The standard InChI is InChI=1S/C11H14F3N3O4/c1-4(12)11(3-18)7(19)6(14)9(21-11)17-2-5(13)8(15)16-10(17)20/h2,4,6-7,9,18-19H,3H2,1H3,(H2,15,16,20)/t4?,6-,7-,9+,11-/m0/s1. The van der Waals surface area contributed by atoms with Crippen molar-refractivity contribution in [3.8, 4) is 0 Å². The first-order valence-electron chi connectivity index (χ1n) is 6.03. The first-order chi connectivity index (χ1) is 9.74. The van der Waals surface area contributed by atoms with E-state index >= 15 is 0 Å². The van der Waals surface area contributed by atoms with E-state index in [1.165, 1.54) is 0 Å². The van der Waals surface area contributed by atoms with E-state index in [1.807, 2.05) is 0 Å². The maximum atomic E-state index is 14.1. The maximum absolute atomic E-state index is 14.1. The predicted octanol–water partition coefficient (Wildman–Crippen LogP) is -0.719. The molecule has 0 amide bonds. The van der Waals surface area contributed by atoms with E-state index in [2.05, 4.69) is 4.98 Å². The average molecular weight is 309 g/mol. The molecular weight excluding hydrogens is 295 g/mol. The molecule has 0 aromatic carbocycles. The van der Waals surface area contributed by atoms with Gasteiger partial charge in [-0.2, -0.15) is 4.98 Å². The number of alkyl halides is 2. The monoisotopic (exact) mass is 309 g/mol. The summed E-state index contributed by atoms with van der Waals surface area (Å²) in [5, 5.41) is 19.0. The number of halogens is 3. The van der Waals surface area contributed by atoms with Gasteiger partial charge in [0, 0.05) is 0 Å². The number of anilines is 1. The minimum Gasteiger partial charge on any atom is -0.393 e. The summed E-state index contributed by atoms with van der Waals surface area (Å²) in [5.74, 6) is -1.79. The van der Waals surface area contributed by atoms with Gasteiger partial charge in [-0.3, -0.25) is 4.57 Å². The van der Waals surface area contributed by atoms with Crippen LogP contribution in [-0.4, -0.2) is 50.4 Å². The molecule has 2 rings (SSSR count). The first kappa shape index (κ1) is 15.7. The summed E-state index contributed by atoms with van der Waals surface area (Å²) in [6.45, 7) is -0.0679. The topological polar surface area (TPSA) is 111 Å². The SMILES string of the molecule is CC(F)[C@]1(CO)O[C@@H](n2cc(F)c(N)nc2=O)[C@@H](F)[C@@H]1O. The number of aliphatic hydroxyl groups is 2. The van der Waals surface area contributed by atoms with Crippen LogP contribution in [0.25, 0.3) is 0 Å². The van der Waals surface area contributed by atoms with E-state index in [9.17, 15) is 28.2 Å². The third kappa shape index (κ3) is 2.28. The number of nitrogen functional groups attached to an aromatic ring is 1. The molecule has 0 bridgehead atoms. The number of hydrogen-bond donors (Lipinski definition) is 3. The number of aliphatic hydroxyl groups excluding tert-OH is 2. The van der Waals surface area contributed by atoms with Crippen LogP contribution >= 0.6 is 0 Å². The van der Waals surface area contributed by atoms with Gasteiger partial charge in [-0.25, -0.2) is 18.0 Å². The summed E-state index contributed by atoms with van der Waals surface area (Å²) in [4.78, 5) is 14.7. The van der Waals surface area contributed by atoms with E-state index in [-0.39, 0.29) is 0 Å². The second-order valence-electron chi connectivity index (χ2n) is 4.79. The molecule has 0 aliphatic carbocycles. The summed E-state index contributed by atoms with van der Waals surface area (Å²) in [7, 11) is 0. The summed E-state index contributed by atoms with van der Waals surface area (Å²) in [5.41, 5.74) is 1.72. The highest BCUT2D eigenvalue weighted by Gasteiger charge is 2.59. The van der Waals surface area contributed by atoms with Crippen LogP contribution in [0.1, 0.15) is 13.2 Å². The Hall–Kier alpha value is -1.65. The molecule has 7 nitrogen and oxygen atoms in total. The molecule has 118 valence electrons. The fraction of sp³-hybridized carbons (Fsp3) is 0.636. The summed E-state index contributed by atoms with van der Waals surface area (Å²) < 4.78 is 46.5. The zero-order chi connectivity index (χ0) is 15.9. The Labute approximate surface area is 116 Å². The molecule has 21 heavy (non-hydrogen) atoms. The normalized spacial score (nSPS) is 34.1. The van der Waals surface area contributed by atoms with Gasteiger partial charge >= 0.3 is 5.69 Å². The van der Waals surface area contributed by atoms with Crippen molar-refractivity contribution < 1.29 is 28.1 Å². The first-order valence-corrected chi connectivity index (χ1v) is 6.03. The highest BCUT2D eigenvalue weighted by molar-refractivity contribution is 5.26. The van der Waals surface area contributed by atoms with Gasteiger partial charge in [0.15, 0.2) is 29.6 Å². The lowest BCUT2D eigenvalue weighted by molar-refractivity contribution is -0.161. The van der Waals surface area contributed by atoms with Crippen LogP contribution in [0.4, 0.5) is 19.0 Å². The van der Waals surface area contributed by atoms with Gasteiger partial charge in [-0.15, -0.1) is 0 Å². The Bertz CT molecular complexity index is 597. The fourth-order valence-electron chi connectivity index (χ4n) is 2.22. The molecule has 1 aliphatic heterocycles. The van der Waals surface area contributed by atoms with Crippen molar-refractivity contribution in [2.75, 3.05) is 12.3 Å². The lowest BCUT2D eigenvalue weighted by atomic mass is 9.92. The Kier molecular flexibility index (Phi) is 3.95. The van der Waals surface area contributed by atoms with Gasteiger partial charge in [0.25, 0.3) is 0 Å². The van der Waals surface area contributed by atoms with Crippen molar-refractivity contribution >= 4 is 5.82 Å². The van der Waals surface area contributed by atoms with Gasteiger partial charge in [0.1, 0.15) is 12.3 Å². The number of nitrogens with zero attached hydrogens (tertiary/aromatic N) is 2. The average Bonchev–Trinajstić information content (AvgIpc) is 2.68. The molecule has 0 radical (unpaired) electrons. The van der Waals surface area contributed by atoms with Gasteiger partial charge in [0.05, 0.1) is 12.8 Å². The molecule has 0 spiro atoms. The molecule has 1 aromatic heterocycles. The molecule has 10 heteroatoms. The molecule has 1 unspecified atom stereocenters. The van der Waals surface area contributed by atoms with Crippen molar-refractivity contribution in [3.63, 3.8) is 0 Å². The van der Waals surface area contributed by atoms with Crippen LogP contribution in [-0.2, 0) is 4.74 Å². The Morgan fingerprint density at radius 1 is 1.67 bits per heavy atom. The molecule has 1 aromatic rings. The van der Waals surface area contributed by atoms with Gasteiger partial charge in [-0.05, 0) is 6.92 Å². The smallest absolute Gasteiger partial charge is 0.351 e. The van der Waals surface area contributed by atoms with Crippen LogP contribution in [0.15, 0.2) is 11.0 Å². The van der Waals surface area contributed by atoms with Crippen molar-refractivity contribution in [1.29, 1.82) is 0 Å². The molecule has 4 N–H and O–H groups in total. The van der Waals surface area contributed by atoms with Crippen molar-refractivity contribution in [1.82, 2.24) is 9.55 Å². The van der Waals surface area contributed by atoms with E-state index < -0.39 is 54.2 Å². The molecule has 1 fully saturated rings. The molecule has 2 heterocycles. The second-order valence-corrected chi connectivity index (χ2v) is 4.79. The molecule has 5 atom stereocenters. The van der Waals surface area contributed by atoms with Gasteiger partial charge in [-0.1, -0.05) is 0 Å². The van der Waals surface area contributed by atoms with Crippen LogP contribution in [0, 0.1) is 5.82 Å². The number of aromatic nitrogens is 2. The summed E-state index contributed by atoms with van der Waals surface area (Å²) >= 11 is 0. The number of hydrogen-bond acceptors (Lipinski definition) is 6. The van der Waals surface area contributed by atoms with Gasteiger partial charge < -0.3 is 20.7 Å². The molecular formula is C11H14F3N3O4. The van der Waals surface area contributed by atoms with E-state index in [4.69, 9.17) is 10.5 Å². The van der Waals surface area contributed by atoms with Crippen LogP contribution in [0.2, 0.25) is 0 Å². The third-order valence-electron chi connectivity index (χ3n) is 3.54.